The van der Waals surface area contributed by atoms with Crippen LogP contribution in [0.1, 0.15) is 26.2 Å². The van der Waals surface area contributed by atoms with Crippen LogP contribution in [0, 0.1) is 0 Å². The second-order valence-corrected chi connectivity index (χ2v) is 2.96. The molecular weight excluding hydrogens is 142 g/mol. The average molecular weight is 157 g/mol. The van der Waals surface area contributed by atoms with Crippen molar-refractivity contribution < 1.29 is 9.53 Å². The van der Waals surface area contributed by atoms with Crippen molar-refractivity contribution in [2.75, 3.05) is 6.61 Å². The molecule has 0 radical (unpaired) electrons. The number of carbonyl (C=O) groups is 1. The number of hydrogen-bond acceptors (Lipinski definition) is 3. The molecule has 1 rings (SSSR count). The second-order valence-electron chi connectivity index (χ2n) is 2.96. The summed E-state index contributed by atoms with van der Waals surface area (Å²) < 4.78 is 5.20. The Morgan fingerprint density at radius 1 is 1.73 bits per heavy atom. The first kappa shape index (κ1) is 8.68. The largest absolute Gasteiger partial charge is 0.369 e. The minimum atomic E-state index is -0.310. The topological polar surface area (TPSA) is 52.3 Å². The lowest BCUT2D eigenvalue weighted by molar-refractivity contribution is -0.128. The fourth-order valence-electron chi connectivity index (χ4n) is 1.33. The Morgan fingerprint density at radius 2 is 2.45 bits per heavy atom. The molecule has 2 N–H and O–H groups in total. The maximum absolute atomic E-state index is 11.3. The van der Waals surface area contributed by atoms with Gasteiger partial charge in [0.15, 0.2) is 5.78 Å². The van der Waals surface area contributed by atoms with Gasteiger partial charge in [0.2, 0.25) is 0 Å². The first-order valence-electron chi connectivity index (χ1n) is 4.15. The van der Waals surface area contributed by atoms with Gasteiger partial charge in [-0.1, -0.05) is 6.92 Å². The standard InChI is InChI=1S/C8H15NO2/c1-2-3-7(10)8-6(9)4-5-11-8/h6,8H,2-5,9H2,1H3/t6-,8+/m1/s1. The summed E-state index contributed by atoms with van der Waals surface area (Å²) >= 11 is 0. The van der Waals surface area contributed by atoms with Gasteiger partial charge in [0, 0.05) is 19.1 Å². The van der Waals surface area contributed by atoms with E-state index in [1.54, 1.807) is 0 Å². The average Bonchev–Trinajstić information content (AvgIpc) is 2.36. The molecule has 0 unspecified atom stereocenters. The molecule has 0 aromatic rings. The van der Waals surface area contributed by atoms with E-state index in [9.17, 15) is 4.79 Å². The number of Topliss-reactive ketones (excluding diaryl/α,β-unsaturated/α-hetero) is 1. The van der Waals surface area contributed by atoms with E-state index in [1.807, 2.05) is 6.92 Å². The predicted octanol–water partition coefficient (Wildman–Crippen LogP) is 0.472. The normalized spacial score (nSPS) is 30.7. The molecule has 1 aliphatic rings. The summed E-state index contributed by atoms with van der Waals surface area (Å²) in [5, 5.41) is 0. The smallest absolute Gasteiger partial charge is 0.163 e. The number of carbonyl (C=O) groups excluding carboxylic acids is 1. The van der Waals surface area contributed by atoms with Crippen LogP contribution in [0.15, 0.2) is 0 Å². The van der Waals surface area contributed by atoms with Crippen LogP contribution in [0.5, 0.6) is 0 Å². The van der Waals surface area contributed by atoms with Crippen molar-refractivity contribution in [2.45, 2.75) is 38.3 Å². The van der Waals surface area contributed by atoms with Crippen LogP contribution in [0.2, 0.25) is 0 Å². The SMILES string of the molecule is CCCC(=O)[C@H]1OCC[C@H]1N. The molecule has 1 aliphatic heterocycles. The monoisotopic (exact) mass is 157 g/mol. The van der Waals surface area contributed by atoms with Crippen molar-refractivity contribution >= 4 is 5.78 Å². The molecule has 3 nitrogen and oxygen atoms in total. The minimum absolute atomic E-state index is 0.0611. The fourth-order valence-corrected chi connectivity index (χ4v) is 1.33. The second kappa shape index (κ2) is 3.83. The van der Waals surface area contributed by atoms with Gasteiger partial charge in [-0.2, -0.15) is 0 Å². The molecular formula is C8H15NO2. The lowest BCUT2D eigenvalue weighted by atomic mass is 10.0. The van der Waals surface area contributed by atoms with E-state index < -0.39 is 0 Å². The van der Waals surface area contributed by atoms with Crippen LogP contribution in [0.25, 0.3) is 0 Å². The number of hydrogen-bond donors (Lipinski definition) is 1. The summed E-state index contributed by atoms with van der Waals surface area (Å²) in [6, 6.07) is -0.0611. The summed E-state index contributed by atoms with van der Waals surface area (Å²) in [4.78, 5) is 11.3. The summed E-state index contributed by atoms with van der Waals surface area (Å²) in [5.41, 5.74) is 5.66. The first-order chi connectivity index (χ1) is 5.25. The Bertz CT molecular complexity index is 147. The third-order valence-electron chi connectivity index (χ3n) is 1.95. The van der Waals surface area contributed by atoms with Crippen molar-refractivity contribution in [3.05, 3.63) is 0 Å². The van der Waals surface area contributed by atoms with Crippen LogP contribution in [-0.4, -0.2) is 24.5 Å². The summed E-state index contributed by atoms with van der Waals surface area (Å²) in [5.74, 6) is 0.164. The van der Waals surface area contributed by atoms with Crippen LogP contribution in [0.3, 0.4) is 0 Å². The number of ether oxygens (including phenoxy) is 1. The van der Waals surface area contributed by atoms with Crippen molar-refractivity contribution in [1.29, 1.82) is 0 Å². The van der Waals surface area contributed by atoms with Crippen LogP contribution in [0.4, 0.5) is 0 Å². The highest BCUT2D eigenvalue weighted by molar-refractivity contribution is 5.84. The zero-order chi connectivity index (χ0) is 8.27. The molecule has 0 amide bonds. The quantitative estimate of drug-likeness (QED) is 0.648. The van der Waals surface area contributed by atoms with E-state index >= 15 is 0 Å². The zero-order valence-electron chi connectivity index (χ0n) is 6.88. The minimum Gasteiger partial charge on any atom is -0.369 e. The van der Waals surface area contributed by atoms with Crippen LogP contribution < -0.4 is 5.73 Å². The molecule has 0 aromatic heterocycles. The first-order valence-corrected chi connectivity index (χ1v) is 4.15. The lowest BCUT2D eigenvalue weighted by Gasteiger charge is -2.11. The summed E-state index contributed by atoms with van der Waals surface area (Å²) in [7, 11) is 0. The zero-order valence-corrected chi connectivity index (χ0v) is 6.88. The van der Waals surface area contributed by atoms with Crippen molar-refractivity contribution in [3.63, 3.8) is 0 Å². The fraction of sp³-hybridized carbons (Fsp3) is 0.875. The van der Waals surface area contributed by atoms with E-state index in [4.69, 9.17) is 10.5 Å². The highest BCUT2D eigenvalue weighted by Crippen LogP contribution is 2.13. The molecule has 1 fully saturated rings. The third-order valence-corrected chi connectivity index (χ3v) is 1.95. The Hall–Kier alpha value is -0.410. The van der Waals surface area contributed by atoms with E-state index in [2.05, 4.69) is 0 Å². The molecule has 0 bridgehead atoms. The molecule has 0 aliphatic carbocycles. The maximum atomic E-state index is 11.3. The van der Waals surface area contributed by atoms with E-state index in [1.165, 1.54) is 0 Å². The molecule has 64 valence electrons. The molecule has 0 spiro atoms. The number of rotatable bonds is 3. The predicted molar refractivity (Wildman–Crippen MR) is 42.2 cm³/mol. The van der Waals surface area contributed by atoms with Gasteiger partial charge >= 0.3 is 0 Å². The van der Waals surface area contributed by atoms with Crippen LogP contribution >= 0.6 is 0 Å². The van der Waals surface area contributed by atoms with E-state index in [-0.39, 0.29) is 17.9 Å². The Morgan fingerprint density at radius 3 is 2.91 bits per heavy atom. The van der Waals surface area contributed by atoms with Crippen molar-refractivity contribution in [2.24, 2.45) is 5.73 Å². The number of ketones is 1. The van der Waals surface area contributed by atoms with Gasteiger partial charge in [-0.05, 0) is 12.8 Å². The van der Waals surface area contributed by atoms with Gasteiger partial charge in [0.05, 0.1) is 0 Å². The molecule has 3 heteroatoms. The highest BCUT2D eigenvalue weighted by Gasteiger charge is 2.30. The van der Waals surface area contributed by atoms with Gasteiger partial charge < -0.3 is 10.5 Å². The third kappa shape index (κ3) is 2.01. The Kier molecular flexibility index (Phi) is 3.02. The molecule has 2 atom stereocenters. The van der Waals surface area contributed by atoms with Crippen LogP contribution in [-0.2, 0) is 9.53 Å². The van der Waals surface area contributed by atoms with Crippen molar-refractivity contribution in [3.8, 4) is 0 Å². The molecule has 11 heavy (non-hydrogen) atoms. The maximum Gasteiger partial charge on any atom is 0.163 e. The van der Waals surface area contributed by atoms with Crippen molar-refractivity contribution in [1.82, 2.24) is 0 Å². The highest BCUT2D eigenvalue weighted by atomic mass is 16.5. The van der Waals surface area contributed by atoms with Gasteiger partial charge in [-0.15, -0.1) is 0 Å². The Labute approximate surface area is 66.9 Å². The number of nitrogens with two attached hydrogens (primary N) is 1. The van der Waals surface area contributed by atoms with E-state index in [0.717, 1.165) is 12.8 Å². The van der Waals surface area contributed by atoms with Gasteiger partial charge in [-0.25, -0.2) is 0 Å². The molecule has 0 aromatic carbocycles. The lowest BCUT2D eigenvalue weighted by Crippen LogP contribution is -2.36. The molecule has 0 saturated carbocycles. The Balaban J connectivity index is 2.39. The van der Waals surface area contributed by atoms with Gasteiger partial charge in [0.25, 0.3) is 0 Å². The van der Waals surface area contributed by atoms with E-state index in [0.29, 0.717) is 13.0 Å². The van der Waals surface area contributed by atoms with Gasteiger partial charge in [0.1, 0.15) is 6.10 Å². The summed E-state index contributed by atoms with van der Waals surface area (Å²) in [6.07, 6.45) is 1.99. The molecule has 1 saturated heterocycles. The summed E-state index contributed by atoms with van der Waals surface area (Å²) in [6.45, 7) is 2.62. The van der Waals surface area contributed by atoms with Gasteiger partial charge in [-0.3, -0.25) is 4.79 Å². The molecule has 1 heterocycles.